The van der Waals surface area contributed by atoms with E-state index in [1.807, 2.05) is 0 Å². The van der Waals surface area contributed by atoms with Gasteiger partial charge in [0.15, 0.2) is 0 Å². The zero-order chi connectivity index (χ0) is 8.27. The minimum atomic E-state index is 0.868. The van der Waals surface area contributed by atoms with Gasteiger partial charge in [0.05, 0.1) is 0 Å². The van der Waals surface area contributed by atoms with Gasteiger partial charge in [-0.25, -0.2) is 0 Å². The van der Waals surface area contributed by atoms with Crippen molar-refractivity contribution in [3.63, 3.8) is 0 Å². The topological polar surface area (TPSA) is 3.24 Å². The molecule has 0 bridgehead atoms. The van der Waals surface area contributed by atoms with Crippen LogP contribution in [0.1, 0.15) is 40.0 Å². The summed E-state index contributed by atoms with van der Waals surface area (Å²) in [5.74, 6) is 0.868. The minimum absolute atomic E-state index is 0.868. The van der Waals surface area contributed by atoms with Crippen molar-refractivity contribution in [2.75, 3.05) is 13.1 Å². The SMILES string of the molecule is CCN1CCC[C@H]1CC(C)C. The third-order valence-corrected chi connectivity index (χ3v) is 2.65. The van der Waals surface area contributed by atoms with Gasteiger partial charge in [-0.3, -0.25) is 0 Å². The highest BCUT2D eigenvalue weighted by Gasteiger charge is 2.22. The number of rotatable bonds is 3. The summed E-state index contributed by atoms with van der Waals surface area (Å²) in [6, 6.07) is 0.903. The van der Waals surface area contributed by atoms with Crippen molar-refractivity contribution < 1.29 is 0 Å². The van der Waals surface area contributed by atoms with E-state index in [2.05, 4.69) is 25.7 Å². The maximum absolute atomic E-state index is 2.62. The summed E-state index contributed by atoms with van der Waals surface area (Å²) in [5.41, 5.74) is 0. The van der Waals surface area contributed by atoms with Crippen LogP contribution >= 0.6 is 0 Å². The van der Waals surface area contributed by atoms with Crippen LogP contribution in [-0.2, 0) is 0 Å². The van der Waals surface area contributed by atoms with Crippen LogP contribution in [0.25, 0.3) is 0 Å². The molecule has 0 unspecified atom stereocenters. The minimum Gasteiger partial charge on any atom is -0.301 e. The van der Waals surface area contributed by atoms with Crippen LogP contribution in [0.3, 0.4) is 0 Å². The standard InChI is InChI=1S/C10H21N/c1-4-11-7-5-6-10(11)8-9(2)3/h9-10H,4-8H2,1-3H3/t10-/m0/s1. The predicted molar refractivity (Wildman–Crippen MR) is 49.7 cm³/mol. The molecule has 0 spiro atoms. The molecule has 0 amide bonds. The van der Waals surface area contributed by atoms with E-state index in [4.69, 9.17) is 0 Å². The van der Waals surface area contributed by atoms with Gasteiger partial charge in [0.2, 0.25) is 0 Å². The first-order valence-electron chi connectivity index (χ1n) is 4.98. The average molecular weight is 155 g/mol. The lowest BCUT2D eigenvalue weighted by Gasteiger charge is -2.23. The van der Waals surface area contributed by atoms with E-state index in [1.54, 1.807) is 0 Å². The van der Waals surface area contributed by atoms with Crippen LogP contribution in [-0.4, -0.2) is 24.0 Å². The second-order valence-corrected chi connectivity index (χ2v) is 4.05. The lowest BCUT2D eigenvalue weighted by Crippen LogP contribution is -2.30. The normalized spacial score (nSPS) is 26.7. The Kier molecular flexibility index (Phi) is 3.38. The summed E-state index contributed by atoms with van der Waals surface area (Å²) >= 11 is 0. The van der Waals surface area contributed by atoms with Crippen LogP contribution in [0.15, 0.2) is 0 Å². The monoisotopic (exact) mass is 155 g/mol. The van der Waals surface area contributed by atoms with Gasteiger partial charge < -0.3 is 4.90 Å². The quantitative estimate of drug-likeness (QED) is 0.605. The molecule has 1 fully saturated rings. The third kappa shape index (κ3) is 2.48. The van der Waals surface area contributed by atoms with Crippen molar-refractivity contribution in [1.29, 1.82) is 0 Å². The number of hydrogen-bond acceptors (Lipinski definition) is 1. The first-order chi connectivity index (χ1) is 5.24. The second-order valence-electron chi connectivity index (χ2n) is 4.05. The maximum Gasteiger partial charge on any atom is 0.00980 e. The highest BCUT2D eigenvalue weighted by molar-refractivity contribution is 4.78. The van der Waals surface area contributed by atoms with Crippen LogP contribution in [0, 0.1) is 5.92 Å². The van der Waals surface area contributed by atoms with Gasteiger partial charge in [0, 0.05) is 6.04 Å². The summed E-state index contributed by atoms with van der Waals surface area (Å²) in [6.07, 6.45) is 4.26. The lowest BCUT2D eigenvalue weighted by molar-refractivity contribution is 0.237. The first kappa shape index (κ1) is 9.05. The number of likely N-dealkylation sites (tertiary alicyclic amines) is 1. The van der Waals surface area contributed by atoms with Crippen LogP contribution in [0.4, 0.5) is 0 Å². The molecule has 66 valence electrons. The number of hydrogen-bond donors (Lipinski definition) is 0. The van der Waals surface area contributed by atoms with Crippen molar-refractivity contribution in [1.82, 2.24) is 4.90 Å². The molecule has 1 saturated heterocycles. The van der Waals surface area contributed by atoms with Gasteiger partial charge in [0.1, 0.15) is 0 Å². The smallest absolute Gasteiger partial charge is 0.00980 e. The Bertz CT molecular complexity index is 109. The molecule has 0 aliphatic carbocycles. The van der Waals surface area contributed by atoms with Crippen molar-refractivity contribution in [2.24, 2.45) is 5.92 Å². The fourth-order valence-electron chi connectivity index (χ4n) is 2.12. The van der Waals surface area contributed by atoms with E-state index in [0.717, 1.165) is 12.0 Å². The Morgan fingerprint density at radius 1 is 1.45 bits per heavy atom. The van der Waals surface area contributed by atoms with Gasteiger partial charge >= 0.3 is 0 Å². The highest BCUT2D eigenvalue weighted by Crippen LogP contribution is 2.22. The summed E-state index contributed by atoms with van der Waals surface area (Å²) in [4.78, 5) is 2.62. The molecule has 0 aromatic heterocycles. The fraction of sp³-hybridized carbons (Fsp3) is 1.00. The van der Waals surface area contributed by atoms with Gasteiger partial charge in [-0.05, 0) is 38.3 Å². The molecule has 1 aliphatic heterocycles. The molecule has 1 rings (SSSR count). The van der Waals surface area contributed by atoms with Gasteiger partial charge in [-0.15, -0.1) is 0 Å². The Balaban J connectivity index is 2.31. The van der Waals surface area contributed by atoms with E-state index in [9.17, 15) is 0 Å². The molecule has 1 nitrogen and oxygen atoms in total. The fourth-order valence-corrected chi connectivity index (χ4v) is 2.12. The molecule has 0 aromatic carbocycles. The average Bonchev–Trinajstić information content (AvgIpc) is 2.34. The van der Waals surface area contributed by atoms with E-state index >= 15 is 0 Å². The zero-order valence-corrected chi connectivity index (χ0v) is 8.14. The predicted octanol–water partition coefficient (Wildman–Crippen LogP) is 2.52. The molecule has 0 saturated carbocycles. The largest absolute Gasteiger partial charge is 0.301 e. The first-order valence-corrected chi connectivity index (χ1v) is 4.98. The molecule has 1 atom stereocenters. The summed E-state index contributed by atoms with van der Waals surface area (Å²) < 4.78 is 0. The molecule has 11 heavy (non-hydrogen) atoms. The van der Waals surface area contributed by atoms with E-state index in [0.29, 0.717) is 0 Å². The summed E-state index contributed by atoms with van der Waals surface area (Å²) in [5, 5.41) is 0. The lowest BCUT2D eigenvalue weighted by atomic mass is 10.0. The summed E-state index contributed by atoms with van der Waals surface area (Å²) in [7, 11) is 0. The van der Waals surface area contributed by atoms with Crippen molar-refractivity contribution in [3.05, 3.63) is 0 Å². The van der Waals surface area contributed by atoms with Gasteiger partial charge in [-0.1, -0.05) is 20.8 Å². The number of nitrogens with zero attached hydrogens (tertiary/aromatic N) is 1. The van der Waals surface area contributed by atoms with E-state index in [-0.39, 0.29) is 0 Å². The Morgan fingerprint density at radius 3 is 2.73 bits per heavy atom. The molecule has 1 heteroatoms. The van der Waals surface area contributed by atoms with Crippen molar-refractivity contribution >= 4 is 0 Å². The van der Waals surface area contributed by atoms with E-state index < -0.39 is 0 Å². The zero-order valence-electron chi connectivity index (χ0n) is 8.14. The second kappa shape index (κ2) is 4.10. The molecule has 0 aromatic rings. The maximum atomic E-state index is 2.62. The van der Waals surface area contributed by atoms with E-state index in [1.165, 1.54) is 32.4 Å². The Hall–Kier alpha value is -0.0400. The molecule has 0 radical (unpaired) electrons. The summed E-state index contributed by atoms with van der Waals surface area (Å²) in [6.45, 7) is 9.52. The van der Waals surface area contributed by atoms with Crippen molar-refractivity contribution in [2.45, 2.75) is 46.1 Å². The van der Waals surface area contributed by atoms with Gasteiger partial charge in [0.25, 0.3) is 0 Å². The van der Waals surface area contributed by atoms with Crippen LogP contribution in [0.2, 0.25) is 0 Å². The molecule has 0 N–H and O–H groups in total. The van der Waals surface area contributed by atoms with Crippen LogP contribution < -0.4 is 0 Å². The Morgan fingerprint density at radius 2 is 2.18 bits per heavy atom. The van der Waals surface area contributed by atoms with Gasteiger partial charge in [-0.2, -0.15) is 0 Å². The molecule has 1 heterocycles. The Labute approximate surface area is 70.8 Å². The van der Waals surface area contributed by atoms with Crippen LogP contribution in [0.5, 0.6) is 0 Å². The molecular formula is C10H21N. The van der Waals surface area contributed by atoms with Crippen molar-refractivity contribution in [3.8, 4) is 0 Å². The highest BCUT2D eigenvalue weighted by atomic mass is 15.2. The molecular weight excluding hydrogens is 134 g/mol. The molecule has 1 aliphatic rings. The third-order valence-electron chi connectivity index (χ3n) is 2.65.